The van der Waals surface area contributed by atoms with Gasteiger partial charge >= 0.3 is 6.18 Å². The van der Waals surface area contributed by atoms with Gasteiger partial charge in [0.05, 0.1) is 19.3 Å². The number of hydrogen-bond acceptors (Lipinski definition) is 3. The third-order valence-electron chi connectivity index (χ3n) is 3.75. The van der Waals surface area contributed by atoms with E-state index < -0.39 is 23.5 Å². The van der Waals surface area contributed by atoms with Gasteiger partial charge in [0.25, 0.3) is 0 Å². The Balaban J connectivity index is 2.06. The van der Waals surface area contributed by atoms with Crippen LogP contribution in [0.2, 0.25) is 0 Å². The van der Waals surface area contributed by atoms with Crippen LogP contribution in [-0.2, 0) is 17.5 Å². The number of rotatable bonds is 7. The van der Waals surface area contributed by atoms with Crippen LogP contribution in [0.15, 0.2) is 42.5 Å². The van der Waals surface area contributed by atoms with E-state index in [1.54, 1.807) is 18.2 Å². The van der Waals surface area contributed by atoms with Crippen molar-refractivity contribution < 1.29 is 31.8 Å². The number of hydrogen-bond donors (Lipinski definition) is 1. The van der Waals surface area contributed by atoms with Gasteiger partial charge in [-0.25, -0.2) is 4.39 Å². The summed E-state index contributed by atoms with van der Waals surface area (Å²) in [5.74, 6) is -0.536. The molecule has 2 aromatic carbocycles. The summed E-state index contributed by atoms with van der Waals surface area (Å²) in [7, 11) is 1.51. The van der Waals surface area contributed by atoms with Crippen LogP contribution in [0.1, 0.15) is 23.6 Å². The lowest BCUT2D eigenvalue weighted by atomic mass is 10.1. The van der Waals surface area contributed by atoms with Gasteiger partial charge in [-0.2, -0.15) is 13.2 Å². The van der Waals surface area contributed by atoms with E-state index in [9.17, 15) is 22.4 Å². The molecular weight excluding hydrogens is 378 g/mol. The Labute approximate surface area is 159 Å². The molecule has 1 N–H and O–H groups in total. The molecule has 0 atom stereocenters. The summed E-state index contributed by atoms with van der Waals surface area (Å²) in [5.41, 5.74) is -0.691. The highest BCUT2D eigenvalue weighted by Crippen LogP contribution is 2.32. The van der Waals surface area contributed by atoms with Crippen LogP contribution in [-0.4, -0.2) is 19.6 Å². The molecule has 4 nitrogen and oxygen atoms in total. The Kier molecular flexibility index (Phi) is 7.03. The number of methoxy groups -OCH3 is 1. The van der Waals surface area contributed by atoms with Crippen molar-refractivity contribution in [1.29, 1.82) is 0 Å². The zero-order valence-corrected chi connectivity index (χ0v) is 15.3. The van der Waals surface area contributed by atoms with Crippen molar-refractivity contribution in [3.05, 3.63) is 65.0 Å². The number of carbonyl (C=O) groups excluding carboxylic acids is 1. The minimum absolute atomic E-state index is 0.223. The average Bonchev–Trinajstić information content (AvgIpc) is 2.65. The highest BCUT2D eigenvalue weighted by Gasteiger charge is 2.33. The lowest BCUT2D eigenvalue weighted by Crippen LogP contribution is -2.22. The third-order valence-corrected chi connectivity index (χ3v) is 3.75. The smallest absolute Gasteiger partial charge is 0.416 e. The molecule has 0 bridgehead atoms. The van der Waals surface area contributed by atoms with Gasteiger partial charge in [-0.05, 0) is 48.4 Å². The van der Waals surface area contributed by atoms with E-state index in [-0.39, 0.29) is 12.1 Å². The van der Waals surface area contributed by atoms with E-state index in [1.807, 2.05) is 6.92 Å². The minimum Gasteiger partial charge on any atom is -0.493 e. The zero-order chi connectivity index (χ0) is 20.7. The van der Waals surface area contributed by atoms with Gasteiger partial charge in [-0.15, -0.1) is 0 Å². The summed E-state index contributed by atoms with van der Waals surface area (Å²) in [4.78, 5) is 11.9. The predicted molar refractivity (Wildman–Crippen MR) is 96.4 cm³/mol. The molecule has 2 rings (SSSR count). The molecular formula is C20H19F4NO3. The third kappa shape index (κ3) is 5.73. The first-order chi connectivity index (χ1) is 13.2. The highest BCUT2D eigenvalue weighted by atomic mass is 19.4. The fourth-order valence-electron chi connectivity index (χ4n) is 2.45. The quantitative estimate of drug-likeness (QED) is 0.550. The Hall–Kier alpha value is -3.03. The molecule has 0 aliphatic rings. The topological polar surface area (TPSA) is 47.6 Å². The van der Waals surface area contributed by atoms with E-state index in [0.29, 0.717) is 29.7 Å². The summed E-state index contributed by atoms with van der Waals surface area (Å²) >= 11 is 0. The van der Waals surface area contributed by atoms with E-state index in [2.05, 4.69) is 5.32 Å². The molecule has 8 heteroatoms. The van der Waals surface area contributed by atoms with Gasteiger partial charge in [0, 0.05) is 12.6 Å². The molecule has 28 heavy (non-hydrogen) atoms. The second-order valence-corrected chi connectivity index (χ2v) is 5.69. The zero-order valence-electron chi connectivity index (χ0n) is 15.3. The van der Waals surface area contributed by atoms with Crippen LogP contribution >= 0.6 is 0 Å². The lowest BCUT2D eigenvalue weighted by molar-refractivity contribution is -0.138. The second kappa shape index (κ2) is 9.25. The standard InChI is InChI=1S/C20H19F4NO3/c1-3-28-18-10-13(4-8-17(18)27-2)5-9-19(26)25-12-14-6-7-15(21)11-16(14)20(22,23)24/h4-11H,3,12H2,1-2H3,(H,25,26)/b9-5+. The van der Waals surface area contributed by atoms with Crippen molar-refractivity contribution >= 4 is 12.0 Å². The Morgan fingerprint density at radius 1 is 1.14 bits per heavy atom. The number of amides is 1. The van der Waals surface area contributed by atoms with Crippen molar-refractivity contribution in [3.63, 3.8) is 0 Å². The SMILES string of the molecule is CCOc1cc(/C=C/C(=O)NCc2ccc(F)cc2C(F)(F)F)ccc1OC. The summed E-state index contributed by atoms with van der Waals surface area (Å²) in [6.07, 6.45) is -2.03. The molecule has 0 saturated carbocycles. The summed E-state index contributed by atoms with van der Waals surface area (Å²) < 4.78 is 62.6. The van der Waals surface area contributed by atoms with Crippen LogP contribution in [0.5, 0.6) is 11.5 Å². The lowest BCUT2D eigenvalue weighted by Gasteiger charge is -2.13. The number of halogens is 4. The van der Waals surface area contributed by atoms with Crippen LogP contribution in [0.25, 0.3) is 6.08 Å². The average molecular weight is 397 g/mol. The fraction of sp³-hybridized carbons (Fsp3) is 0.250. The van der Waals surface area contributed by atoms with Crippen molar-refractivity contribution in [1.82, 2.24) is 5.32 Å². The molecule has 0 spiro atoms. The maximum atomic E-state index is 13.1. The Bertz CT molecular complexity index is 863. The van der Waals surface area contributed by atoms with E-state index in [1.165, 1.54) is 19.3 Å². The molecule has 0 aliphatic heterocycles. The monoisotopic (exact) mass is 397 g/mol. The number of alkyl halides is 3. The molecule has 0 heterocycles. The second-order valence-electron chi connectivity index (χ2n) is 5.69. The molecule has 0 unspecified atom stereocenters. The van der Waals surface area contributed by atoms with Gasteiger partial charge in [-0.3, -0.25) is 4.79 Å². The van der Waals surface area contributed by atoms with Crippen LogP contribution < -0.4 is 14.8 Å². The van der Waals surface area contributed by atoms with Gasteiger partial charge in [-0.1, -0.05) is 12.1 Å². The molecule has 0 saturated heterocycles. The van der Waals surface area contributed by atoms with Crippen molar-refractivity contribution in [2.75, 3.05) is 13.7 Å². The number of benzene rings is 2. The normalized spacial score (nSPS) is 11.5. The van der Waals surface area contributed by atoms with Gasteiger partial charge in [0.15, 0.2) is 11.5 Å². The Morgan fingerprint density at radius 3 is 2.54 bits per heavy atom. The molecule has 0 fully saturated rings. The van der Waals surface area contributed by atoms with Crippen molar-refractivity contribution in [2.24, 2.45) is 0 Å². The first-order valence-corrected chi connectivity index (χ1v) is 8.37. The highest BCUT2D eigenvalue weighted by molar-refractivity contribution is 5.91. The molecule has 0 radical (unpaired) electrons. The van der Waals surface area contributed by atoms with Crippen molar-refractivity contribution in [2.45, 2.75) is 19.6 Å². The largest absolute Gasteiger partial charge is 0.493 e. The number of ether oxygens (including phenoxy) is 2. The molecule has 1 amide bonds. The van der Waals surface area contributed by atoms with Crippen LogP contribution in [0.3, 0.4) is 0 Å². The molecule has 150 valence electrons. The molecule has 2 aromatic rings. The Morgan fingerprint density at radius 2 is 1.89 bits per heavy atom. The molecule has 0 aromatic heterocycles. The first-order valence-electron chi connectivity index (χ1n) is 8.37. The molecule has 0 aliphatic carbocycles. The summed E-state index contributed by atoms with van der Waals surface area (Å²) in [5, 5.41) is 2.36. The summed E-state index contributed by atoms with van der Waals surface area (Å²) in [6, 6.07) is 7.38. The van der Waals surface area contributed by atoms with E-state index in [4.69, 9.17) is 9.47 Å². The van der Waals surface area contributed by atoms with Crippen molar-refractivity contribution in [3.8, 4) is 11.5 Å². The van der Waals surface area contributed by atoms with Gasteiger partial charge in [0.1, 0.15) is 5.82 Å². The van der Waals surface area contributed by atoms with Crippen LogP contribution in [0, 0.1) is 5.82 Å². The predicted octanol–water partition coefficient (Wildman–Crippen LogP) is 4.58. The fourth-order valence-corrected chi connectivity index (χ4v) is 2.45. The summed E-state index contributed by atoms with van der Waals surface area (Å²) in [6.45, 7) is 1.87. The van der Waals surface area contributed by atoms with Crippen LogP contribution in [0.4, 0.5) is 17.6 Å². The van der Waals surface area contributed by atoms with E-state index >= 15 is 0 Å². The first kappa shape index (κ1) is 21.3. The van der Waals surface area contributed by atoms with Gasteiger partial charge < -0.3 is 14.8 Å². The maximum Gasteiger partial charge on any atom is 0.416 e. The minimum atomic E-state index is -4.71. The number of carbonyl (C=O) groups is 1. The van der Waals surface area contributed by atoms with Gasteiger partial charge in [0.2, 0.25) is 5.91 Å². The maximum absolute atomic E-state index is 13.1. The van der Waals surface area contributed by atoms with E-state index in [0.717, 1.165) is 12.1 Å². The number of nitrogens with one attached hydrogen (secondary N) is 1.